The highest BCUT2D eigenvalue weighted by molar-refractivity contribution is 7.06. The third-order valence-corrected chi connectivity index (χ3v) is 6.65. The molecule has 7 heteroatoms. The number of nitrogens with one attached hydrogen (secondary N) is 1. The van der Waals surface area contributed by atoms with Crippen molar-refractivity contribution >= 4 is 17.6 Å². The lowest BCUT2D eigenvalue weighted by Crippen LogP contribution is -2.53. The second kappa shape index (κ2) is 7.20. The number of aromatic nitrogens is 1. The Kier molecular flexibility index (Phi) is 4.90. The summed E-state index contributed by atoms with van der Waals surface area (Å²) in [6.45, 7) is 6.95. The van der Waals surface area contributed by atoms with Crippen LogP contribution >= 0.6 is 11.5 Å². The normalized spacial score (nSPS) is 24.6. The van der Waals surface area contributed by atoms with Crippen molar-refractivity contribution in [2.75, 3.05) is 19.6 Å². The second-order valence-corrected chi connectivity index (χ2v) is 8.72. The fraction of sp³-hybridized carbons (Fsp3) is 0.500. The number of amides is 1. The molecule has 3 aliphatic rings. The van der Waals surface area contributed by atoms with Gasteiger partial charge in [-0.3, -0.25) is 4.90 Å². The molecule has 0 saturated carbocycles. The van der Waals surface area contributed by atoms with E-state index < -0.39 is 5.54 Å². The van der Waals surface area contributed by atoms with Crippen LogP contribution in [0.2, 0.25) is 0 Å². The van der Waals surface area contributed by atoms with Gasteiger partial charge in [0.25, 0.3) is 0 Å². The van der Waals surface area contributed by atoms with Crippen molar-refractivity contribution in [3.63, 3.8) is 0 Å². The van der Waals surface area contributed by atoms with Gasteiger partial charge in [0.2, 0.25) is 0 Å². The van der Waals surface area contributed by atoms with Crippen molar-refractivity contribution < 1.29 is 13.9 Å². The maximum Gasteiger partial charge on any atom is 0.408 e. The zero-order valence-corrected chi connectivity index (χ0v) is 16.4. The van der Waals surface area contributed by atoms with E-state index in [9.17, 15) is 9.18 Å². The Labute approximate surface area is 162 Å². The van der Waals surface area contributed by atoms with Crippen LogP contribution in [-0.4, -0.2) is 41.1 Å². The summed E-state index contributed by atoms with van der Waals surface area (Å²) in [6.07, 6.45) is 1.82. The largest absolute Gasteiger partial charge is 0.445 e. The van der Waals surface area contributed by atoms with Crippen molar-refractivity contribution in [1.29, 1.82) is 0 Å². The topological polar surface area (TPSA) is 54.5 Å². The predicted octanol–water partition coefficient (Wildman–Crippen LogP) is 4.00. The Morgan fingerprint density at radius 1 is 1.30 bits per heavy atom. The molecule has 0 spiro atoms. The summed E-state index contributed by atoms with van der Waals surface area (Å²) in [5.41, 5.74) is 1.03. The summed E-state index contributed by atoms with van der Waals surface area (Å²) in [5, 5.41) is 2.98. The Bertz CT molecular complexity index is 813. The zero-order chi connectivity index (χ0) is 19.0. The van der Waals surface area contributed by atoms with Crippen LogP contribution in [0.25, 0.3) is 11.3 Å². The van der Waals surface area contributed by atoms with Crippen LogP contribution in [0, 0.1) is 11.7 Å². The third-order valence-electron chi connectivity index (χ3n) is 5.54. The Hall–Kier alpha value is -1.99. The molecule has 5 rings (SSSR count). The van der Waals surface area contributed by atoms with Gasteiger partial charge in [0.05, 0.1) is 16.1 Å². The lowest BCUT2D eigenvalue weighted by atomic mass is 9.86. The van der Waals surface area contributed by atoms with Gasteiger partial charge in [0.1, 0.15) is 11.9 Å². The molecular formula is C20H24FN3O2S. The first-order valence-corrected chi connectivity index (χ1v) is 10.1. The summed E-state index contributed by atoms with van der Waals surface area (Å²) < 4.78 is 23.3. The number of carbonyl (C=O) groups is 1. The third kappa shape index (κ3) is 3.99. The lowest BCUT2D eigenvalue weighted by molar-refractivity contribution is -0.0349. The molecule has 2 aromatic rings. The molecular weight excluding hydrogens is 365 g/mol. The van der Waals surface area contributed by atoms with Gasteiger partial charge in [-0.1, -0.05) is 0 Å². The average molecular weight is 389 g/mol. The number of piperidine rings is 3. The highest BCUT2D eigenvalue weighted by Gasteiger charge is 2.37. The van der Waals surface area contributed by atoms with E-state index >= 15 is 0 Å². The fourth-order valence-corrected chi connectivity index (χ4v) is 4.65. The summed E-state index contributed by atoms with van der Waals surface area (Å²) in [4.78, 5) is 15.8. The molecule has 27 heavy (non-hydrogen) atoms. The van der Waals surface area contributed by atoms with Gasteiger partial charge in [-0.25, -0.2) is 9.18 Å². The SMILES string of the molecule is CC(C)(NC(=O)OC1CN2CCC1CC2)c1cc(-c2ccc(F)cc2)ns1. The quantitative estimate of drug-likeness (QED) is 0.859. The van der Waals surface area contributed by atoms with Gasteiger partial charge in [-0.2, -0.15) is 4.37 Å². The van der Waals surface area contributed by atoms with Crippen molar-refractivity contribution in [3.8, 4) is 11.3 Å². The minimum absolute atomic E-state index is 0.0143. The van der Waals surface area contributed by atoms with Crippen LogP contribution in [0.15, 0.2) is 30.3 Å². The van der Waals surface area contributed by atoms with E-state index in [0.717, 1.165) is 48.6 Å². The molecule has 1 N–H and O–H groups in total. The van der Waals surface area contributed by atoms with Crippen LogP contribution < -0.4 is 5.32 Å². The lowest BCUT2D eigenvalue weighted by Gasteiger charge is -2.44. The number of fused-ring (bicyclic) bond motifs is 3. The molecule has 1 aromatic heterocycles. The van der Waals surface area contributed by atoms with E-state index in [1.807, 2.05) is 19.9 Å². The molecule has 3 fully saturated rings. The van der Waals surface area contributed by atoms with Gasteiger partial charge >= 0.3 is 6.09 Å². The molecule has 1 aromatic carbocycles. The van der Waals surface area contributed by atoms with Crippen LogP contribution in [-0.2, 0) is 10.3 Å². The molecule has 3 saturated heterocycles. The summed E-state index contributed by atoms with van der Waals surface area (Å²) >= 11 is 1.33. The van der Waals surface area contributed by atoms with E-state index in [2.05, 4.69) is 14.6 Å². The molecule has 5 nitrogen and oxygen atoms in total. The smallest absolute Gasteiger partial charge is 0.408 e. The van der Waals surface area contributed by atoms with Gasteiger partial charge in [0, 0.05) is 12.1 Å². The Morgan fingerprint density at radius 3 is 2.63 bits per heavy atom. The van der Waals surface area contributed by atoms with E-state index in [0.29, 0.717) is 5.92 Å². The van der Waals surface area contributed by atoms with E-state index in [1.165, 1.54) is 23.7 Å². The number of hydrogen-bond donors (Lipinski definition) is 1. The van der Waals surface area contributed by atoms with Crippen LogP contribution in [0.1, 0.15) is 31.6 Å². The average Bonchev–Trinajstić information content (AvgIpc) is 3.14. The fourth-order valence-electron chi connectivity index (χ4n) is 3.85. The van der Waals surface area contributed by atoms with Gasteiger partial charge in [-0.15, -0.1) is 0 Å². The monoisotopic (exact) mass is 389 g/mol. The molecule has 0 radical (unpaired) electrons. The van der Waals surface area contributed by atoms with E-state index in [-0.39, 0.29) is 18.0 Å². The molecule has 1 atom stereocenters. The highest BCUT2D eigenvalue weighted by Crippen LogP contribution is 2.32. The van der Waals surface area contributed by atoms with Gasteiger partial charge in [-0.05, 0) is 87.6 Å². The van der Waals surface area contributed by atoms with Gasteiger partial charge < -0.3 is 10.1 Å². The molecule has 4 heterocycles. The van der Waals surface area contributed by atoms with Crippen LogP contribution in [0.4, 0.5) is 9.18 Å². The second-order valence-electron chi connectivity index (χ2n) is 7.92. The number of halogens is 1. The number of nitrogens with zero attached hydrogens (tertiary/aromatic N) is 2. The molecule has 1 amide bonds. The van der Waals surface area contributed by atoms with E-state index in [4.69, 9.17) is 4.74 Å². The first-order chi connectivity index (χ1) is 12.9. The standard InChI is InChI=1S/C20H24FN3O2S/c1-20(2,18-11-16(23-27-18)13-3-5-15(21)6-4-13)22-19(25)26-17-12-24-9-7-14(17)8-10-24/h3-6,11,14,17H,7-10,12H2,1-2H3,(H,22,25). The first kappa shape index (κ1) is 18.4. The minimum Gasteiger partial charge on any atom is -0.445 e. The number of ether oxygens (including phenoxy) is 1. The minimum atomic E-state index is -0.596. The summed E-state index contributed by atoms with van der Waals surface area (Å²) in [7, 11) is 0. The molecule has 2 bridgehead atoms. The molecule has 0 aliphatic carbocycles. The summed E-state index contributed by atoms with van der Waals surface area (Å²) in [6, 6.07) is 8.19. The number of benzene rings is 1. The highest BCUT2D eigenvalue weighted by atomic mass is 32.1. The van der Waals surface area contributed by atoms with Crippen molar-refractivity contribution in [1.82, 2.24) is 14.6 Å². The number of alkyl carbamates (subject to hydrolysis) is 1. The first-order valence-electron chi connectivity index (χ1n) is 9.35. The van der Waals surface area contributed by atoms with Crippen molar-refractivity contribution in [2.45, 2.75) is 38.3 Å². The maximum absolute atomic E-state index is 13.1. The number of carbonyl (C=O) groups excluding carboxylic acids is 1. The van der Waals surface area contributed by atoms with Crippen molar-refractivity contribution in [2.24, 2.45) is 5.92 Å². The number of rotatable bonds is 4. The molecule has 1 unspecified atom stereocenters. The zero-order valence-electron chi connectivity index (χ0n) is 15.6. The molecule has 3 aliphatic heterocycles. The predicted molar refractivity (Wildman–Crippen MR) is 103 cm³/mol. The number of hydrogen-bond acceptors (Lipinski definition) is 5. The maximum atomic E-state index is 13.1. The van der Waals surface area contributed by atoms with Gasteiger partial charge in [0.15, 0.2) is 0 Å². The van der Waals surface area contributed by atoms with E-state index in [1.54, 1.807) is 12.1 Å². The Morgan fingerprint density at radius 2 is 2.00 bits per heavy atom. The summed E-state index contributed by atoms with van der Waals surface area (Å²) in [5.74, 6) is 0.212. The van der Waals surface area contributed by atoms with Crippen LogP contribution in [0.3, 0.4) is 0 Å². The Balaban J connectivity index is 1.41. The molecule has 144 valence electrons. The van der Waals surface area contributed by atoms with Crippen LogP contribution in [0.5, 0.6) is 0 Å². The van der Waals surface area contributed by atoms with Crippen molar-refractivity contribution in [3.05, 3.63) is 41.0 Å².